The van der Waals surface area contributed by atoms with Gasteiger partial charge in [-0.1, -0.05) is 0 Å². The summed E-state index contributed by atoms with van der Waals surface area (Å²) in [5.74, 6) is 0.710. The predicted octanol–water partition coefficient (Wildman–Crippen LogP) is 2.87. The molecule has 0 bridgehead atoms. The Morgan fingerprint density at radius 3 is 3.09 bits per heavy atom. The number of amides is 1. The summed E-state index contributed by atoms with van der Waals surface area (Å²) in [5, 5.41) is 3.20. The van der Waals surface area contributed by atoms with E-state index in [1.807, 2.05) is 11.8 Å². The summed E-state index contributed by atoms with van der Waals surface area (Å²) >= 11 is 1.69. The van der Waals surface area contributed by atoms with Crippen LogP contribution in [0.5, 0.6) is 5.88 Å². The number of nitrogens with zero attached hydrogens (tertiary/aromatic N) is 3. The third-order valence-corrected chi connectivity index (χ3v) is 5.01. The highest BCUT2D eigenvalue weighted by atomic mass is 32.1. The van der Waals surface area contributed by atoms with E-state index in [0.29, 0.717) is 23.9 Å². The minimum absolute atomic E-state index is 0.0112. The molecule has 2 aromatic rings. The summed E-state index contributed by atoms with van der Waals surface area (Å²) in [6.07, 6.45) is 3.71. The molecule has 5 nitrogen and oxygen atoms in total. The van der Waals surface area contributed by atoms with E-state index in [4.69, 9.17) is 4.74 Å². The molecule has 0 N–H and O–H groups in total. The van der Waals surface area contributed by atoms with Crippen molar-refractivity contribution in [1.29, 1.82) is 0 Å². The smallest absolute Gasteiger partial charge is 0.259 e. The number of likely N-dealkylation sites (tertiary alicyclic amines) is 1. The molecule has 116 valence electrons. The Labute approximate surface area is 134 Å². The highest BCUT2D eigenvalue weighted by Crippen LogP contribution is 2.30. The van der Waals surface area contributed by atoms with E-state index in [0.717, 1.165) is 30.1 Å². The molecule has 1 aliphatic heterocycles. The van der Waals surface area contributed by atoms with E-state index in [1.165, 1.54) is 7.11 Å². The third-order valence-electron chi connectivity index (χ3n) is 3.89. The predicted molar refractivity (Wildman–Crippen MR) is 85.5 cm³/mol. The molecule has 2 aromatic heterocycles. The molecule has 3 rings (SSSR count). The van der Waals surface area contributed by atoms with Crippen molar-refractivity contribution in [3.8, 4) is 5.88 Å². The first-order chi connectivity index (χ1) is 10.7. The number of aromatic nitrogens is 2. The van der Waals surface area contributed by atoms with Gasteiger partial charge in [-0.05, 0) is 31.9 Å². The van der Waals surface area contributed by atoms with Crippen molar-refractivity contribution < 1.29 is 9.53 Å². The standard InChI is InChI=1S/C16H19N3O2S/c1-11-10-22-15(18-11)12-5-4-8-19(9-12)16(20)13-6-3-7-17-14(13)21-2/h3,6-7,10,12H,4-5,8-9H2,1-2H3. The summed E-state index contributed by atoms with van der Waals surface area (Å²) in [4.78, 5) is 23.3. The lowest BCUT2D eigenvalue weighted by Gasteiger charge is -2.32. The Kier molecular flexibility index (Phi) is 4.38. The van der Waals surface area contributed by atoms with Crippen LogP contribution in [0.15, 0.2) is 23.7 Å². The molecule has 0 aliphatic carbocycles. The molecule has 1 fully saturated rings. The molecule has 3 heterocycles. The van der Waals surface area contributed by atoms with Crippen molar-refractivity contribution >= 4 is 17.2 Å². The van der Waals surface area contributed by atoms with E-state index >= 15 is 0 Å². The van der Waals surface area contributed by atoms with E-state index < -0.39 is 0 Å². The number of piperidine rings is 1. The van der Waals surface area contributed by atoms with Crippen molar-refractivity contribution in [2.24, 2.45) is 0 Å². The molecule has 1 saturated heterocycles. The van der Waals surface area contributed by atoms with E-state index in [2.05, 4.69) is 15.3 Å². The zero-order valence-electron chi connectivity index (χ0n) is 12.8. The van der Waals surface area contributed by atoms with Crippen LogP contribution in [0.25, 0.3) is 0 Å². The van der Waals surface area contributed by atoms with Crippen LogP contribution in [-0.2, 0) is 0 Å². The topological polar surface area (TPSA) is 55.3 Å². The first-order valence-corrected chi connectivity index (χ1v) is 8.27. The summed E-state index contributed by atoms with van der Waals surface area (Å²) in [6, 6.07) is 3.53. The van der Waals surface area contributed by atoms with Crippen LogP contribution < -0.4 is 4.74 Å². The molecular weight excluding hydrogens is 298 g/mol. The van der Waals surface area contributed by atoms with Gasteiger partial charge in [0.25, 0.3) is 5.91 Å². The fourth-order valence-corrected chi connectivity index (χ4v) is 3.73. The van der Waals surface area contributed by atoms with Gasteiger partial charge < -0.3 is 9.64 Å². The molecule has 6 heteroatoms. The molecule has 0 radical (unpaired) electrons. The number of thiazole rings is 1. The van der Waals surface area contributed by atoms with E-state index in [-0.39, 0.29) is 5.91 Å². The Balaban J connectivity index is 1.78. The first kappa shape index (κ1) is 15.0. The SMILES string of the molecule is COc1ncccc1C(=O)N1CCCC(c2nc(C)cs2)C1. The summed E-state index contributed by atoms with van der Waals surface area (Å²) in [5.41, 5.74) is 1.58. The van der Waals surface area contributed by atoms with Gasteiger partial charge in [0.2, 0.25) is 5.88 Å². The number of rotatable bonds is 3. The molecule has 0 aromatic carbocycles. The Hall–Kier alpha value is -1.95. The Morgan fingerprint density at radius 1 is 1.50 bits per heavy atom. The fraction of sp³-hybridized carbons (Fsp3) is 0.438. The quantitative estimate of drug-likeness (QED) is 0.873. The first-order valence-electron chi connectivity index (χ1n) is 7.39. The van der Waals surface area contributed by atoms with Gasteiger partial charge in [0, 0.05) is 36.3 Å². The van der Waals surface area contributed by atoms with E-state index in [9.17, 15) is 4.79 Å². The zero-order chi connectivity index (χ0) is 15.5. The number of carbonyl (C=O) groups excluding carboxylic acids is 1. The van der Waals surface area contributed by atoms with Crippen molar-refractivity contribution in [2.75, 3.05) is 20.2 Å². The number of aryl methyl sites for hydroxylation is 1. The maximum Gasteiger partial charge on any atom is 0.259 e. The monoisotopic (exact) mass is 317 g/mol. The van der Waals surface area contributed by atoms with Gasteiger partial charge in [0.05, 0.1) is 12.1 Å². The second kappa shape index (κ2) is 6.44. The fourth-order valence-electron chi connectivity index (χ4n) is 2.81. The van der Waals surface area contributed by atoms with Crippen LogP contribution in [0.4, 0.5) is 0 Å². The van der Waals surface area contributed by atoms with Gasteiger partial charge in [-0.25, -0.2) is 9.97 Å². The number of carbonyl (C=O) groups is 1. The summed E-state index contributed by atoms with van der Waals surface area (Å²) in [7, 11) is 1.54. The van der Waals surface area contributed by atoms with Crippen molar-refractivity contribution in [3.05, 3.63) is 40.0 Å². The molecular formula is C16H19N3O2S. The third kappa shape index (κ3) is 2.97. The second-order valence-electron chi connectivity index (χ2n) is 5.48. The maximum atomic E-state index is 12.8. The number of methoxy groups -OCH3 is 1. The van der Waals surface area contributed by atoms with Crippen molar-refractivity contribution in [3.63, 3.8) is 0 Å². The highest BCUT2D eigenvalue weighted by Gasteiger charge is 2.28. The van der Waals surface area contributed by atoms with Crippen molar-refractivity contribution in [1.82, 2.24) is 14.9 Å². The minimum atomic E-state index is -0.0112. The summed E-state index contributed by atoms with van der Waals surface area (Å²) < 4.78 is 5.20. The van der Waals surface area contributed by atoms with Gasteiger partial charge in [0.1, 0.15) is 5.56 Å². The summed E-state index contributed by atoms with van der Waals surface area (Å²) in [6.45, 7) is 3.49. The lowest BCUT2D eigenvalue weighted by Crippen LogP contribution is -2.39. The molecule has 22 heavy (non-hydrogen) atoms. The molecule has 0 saturated carbocycles. The van der Waals surface area contributed by atoms with Crippen molar-refractivity contribution in [2.45, 2.75) is 25.7 Å². The number of pyridine rings is 1. The normalized spacial score (nSPS) is 18.3. The van der Waals surface area contributed by atoms with Crippen LogP contribution in [0, 0.1) is 6.92 Å². The average molecular weight is 317 g/mol. The molecule has 0 spiro atoms. The number of hydrogen-bond acceptors (Lipinski definition) is 5. The average Bonchev–Trinajstić information content (AvgIpc) is 3.01. The van der Waals surface area contributed by atoms with E-state index in [1.54, 1.807) is 29.7 Å². The van der Waals surface area contributed by atoms with Gasteiger partial charge in [-0.15, -0.1) is 11.3 Å². The Bertz CT molecular complexity index is 671. The molecule has 1 unspecified atom stereocenters. The number of hydrogen-bond donors (Lipinski definition) is 0. The van der Waals surface area contributed by atoms with Gasteiger partial charge >= 0.3 is 0 Å². The van der Waals surface area contributed by atoms with Crippen LogP contribution >= 0.6 is 11.3 Å². The minimum Gasteiger partial charge on any atom is -0.480 e. The largest absolute Gasteiger partial charge is 0.480 e. The highest BCUT2D eigenvalue weighted by molar-refractivity contribution is 7.09. The van der Waals surface area contributed by atoms with Crippen LogP contribution in [-0.4, -0.2) is 41.0 Å². The van der Waals surface area contributed by atoms with Crippen LogP contribution in [0.3, 0.4) is 0 Å². The van der Waals surface area contributed by atoms with Gasteiger partial charge in [0.15, 0.2) is 0 Å². The second-order valence-corrected chi connectivity index (χ2v) is 6.37. The van der Waals surface area contributed by atoms with Crippen LogP contribution in [0.1, 0.15) is 39.8 Å². The zero-order valence-corrected chi connectivity index (χ0v) is 13.6. The molecule has 1 amide bonds. The van der Waals surface area contributed by atoms with Gasteiger partial charge in [-0.3, -0.25) is 4.79 Å². The number of ether oxygens (including phenoxy) is 1. The Morgan fingerprint density at radius 2 is 2.36 bits per heavy atom. The lowest BCUT2D eigenvalue weighted by molar-refractivity contribution is 0.0703. The van der Waals surface area contributed by atoms with Crippen LogP contribution in [0.2, 0.25) is 0 Å². The van der Waals surface area contributed by atoms with Gasteiger partial charge in [-0.2, -0.15) is 0 Å². The molecule has 1 atom stereocenters. The lowest BCUT2D eigenvalue weighted by atomic mass is 9.98. The molecule has 1 aliphatic rings. The maximum absolute atomic E-state index is 12.8.